The molecule has 1 atom stereocenters. The number of rotatable bonds is 6. The fraction of sp³-hybridized carbons (Fsp3) is 0.304. The zero-order valence-corrected chi connectivity index (χ0v) is 17.1. The van der Waals surface area contributed by atoms with E-state index in [1.807, 2.05) is 0 Å². The van der Waals surface area contributed by atoms with Gasteiger partial charge in [0, 0.05) is 36.9 Å². The van der Waals surface area contributed by atoms with Crippen molar-refractivity contribution < 1.29 is 23.5 Å². The molecule has 9 heteroatoms. The molecule has 1 aliphatic rings. The van der Waals surface area contributed by atoms with E-state index in [-0.39, 0.29) is 38.6 Å². The molecule has 3 heterocycles. The third kappa shape index (κ3) is 4.77. The summed E-state index contributed by atoms with van der Waals surface area (Å²) in [6.45, 7) is 3.31. The number of benzene rings is 1. The molecule has 1 aromatic carbocycles. The first-order chi connectivity index (χ1) is 14.8. The lowest BCUT2D eigenvalue weighted by molar-refractivity contribution is -0.119. The van der Waals surface area contributed by atoms with Crippen molar-refractivity contribution in [2.24, 2.45) is 0 Å². The van der Waals surface area contributed by atoms with Gasteiger partial charge in [0.2, 0.25) is 5.91 Å². The number of hydrogen-bond acceptors (Lipinski definition) is 5. The molecule has 1 saturated heterocycles. The number of cyclic esters (lactones) is 1. The van der Waals surface area contributed by atoms with Gasteiger partial charge in [0.25, 0.3) is 0 Å². The third-order valence-corrected chi connectivity index (χ3v) is 4.96. The van der Waals surface area contributed by atoms with Crippen LogP contribution < -0.4 is 10.2 Å². The summed E-state index contributed by atoms with van der Waals surface area (Å²) in [7, 11) is 0. The summed E-state index contributed by atoms with van der Waals surface area (Å²) < 4.78 is 21.9. The Kier molecular flexibility index (Phi) is 6.57. The van der Waals surface area contributed by atoms with Gasteiger partial charge in [0.15, 0.2) is 0 Å². The van der Waals surface area contributed by atoms with E-state index in [2.05, 4.69) is 10.3 Å². The summed E-state index contributed by atoms with van der Waals surface area (Å²) in [5.41, 5.74) is 2.71. The molecule has 168 valence electrons. The van der Waals surface area contributed by atoms with Gasteiger partial charge in [0.1, 0.15) is 23.4 Å². The van der Waals surface area contributed by atoms with Gasteiger partial charge in [-0.25, -0.2) is 14.2 Å². The second-order valence-corrected chi connectivity index (χ2v) is 7.51. The topological polar surface area (TPSA) is 93.0 Å². The average Bonchev–Trinajstić information content (AvgIpc) is 3.27. The lowest BCUT2D eigenvalue weighted by Crippen LogP contribution is -2.33. The molecule has 0 saturated carbocycles. The van der Waals surface area contributed by atoms with Crippen LogP contribution in [0, 0.1) is 5.82 Å². The van der Waals surface area contributed by atoms with Crippen LogP contribution in [-0.2, 0) is 20.7 Å². The Bertz CT molecular complexity index is 1190. The van der Waals surface area contributed by atoms with Gasteiger partial charge in [-0.15, -0.1) is 0 Å². The van der Waals surface area contributed by atoms with Crippen molar-refractivity contribution in [1.82, 2.24) is 14.7 Å². The van der Waals surface area contributed by atoms with Crippen LogP contribution in [0.2, 0.25) is 0 Å². The molecule has 0 bridgehead atoms. The van der Waals surface area contributed by atoms with Crippen LogP contribution in [0.15, 0.2) is 42.7 Å². The maximum absolute atomic E-state index is 14.9. The fourth-order valence-electron chi connectivity index (χ4n) is 3.55. The van der Waals surface area contributed by atoms with Gasteiger partial charge in [-0.2, -0.15) is 0 Å². The normalized spacial score (nSPS) is 15.4. The van der Waals surface area contributed by atoms with Gasteiger partial charge in [-0.3, -0.25) is 14.5 Å². The molecular weight excluding hydrogens is 415 g/mol. The Morgan fingerprint density at radius 3 is 2.69 bits per heavy atom. The van der Waals surface area contributed by atoms with E-state index in [1.165, 1.54) is 24.8 Å². The maximum Gasteiger partial charge on any atom is 0.414 e. The number of ketones is 1. The Morgan fingerprint density at radius 1 is 1.22 bits per heavy atom. The predicted molar refractivity (Wildman–Crippen MR) is 118 cm³/mol. The molecule has 0 aliphatic carbocycles. The monoisotopic (exact) mass is 440 g/mol. The van der Waals surface area contributed by atoms with E-state index in [0.717, 1.165) is 0 Å². The highest BCUT2D eigenvalue weighted by Crippen LogP contribution is 2.29. The van der Waals surface area contributed by atoms with Gasteiger partial charge in [-0.05, 0) is 37.3 Å². The molecule has 1 N–H and O–H groups in total. The zero-order chi connectivity index (χ0) is 22.1. The van der Waals surface area contributed by atoms with Crippen molar-refractivity contribution in [3.63, 3.8) is 0 Å². The SMILES string of the molecule is C.CC(=O)Cc1cn2cc(-c3ccc(N4C[C@H](CNC(C)=O)OC4=O)cc3F)ccc2n1. The van der Waals surface area contributed by atoms with Crippen LogP contribution in [0.3, 0.4) is 0 Å². The number of hydrogen-bond donors (Lipinski definition) is 1. The van der Waals surface area contributed by atoms with E-state index in [4.69, 9.17) is 4.74 Å². The first-order valence-electron chi connectivity index (χ1n) is 9.80. The summed E-state index contributed by atoms with van der Waals surface area (Å²) in [6, 6.07) is 8.06. The van der Waals surface area contributed by atoms with Gasteiger partial charge >= 0.3 is 6.09 Å². The number of amides is 2. The first kappa shape index (κ1) is 22.9. The third-order valence-electron chi connectivity index (χ3n) is 4.96. The predicted octanol–water partition coefficient (Wildman–Crippen LogP) is 3.37. The standard InChI is InChI=1S/C22H21FN4O4.CH4/c1-13(28)7-16-11-26-10-15(3-6-21(26)25-16)19-5-4-17(8-20(19)23)27-12-18(31-22(27)30)9-24-14(2)29;/h3-6,8,10-11,18H,7,9,12H2,1-2H3,(H,24,29);1H4/t18-;/m0./s1. The van der Waals surface area contributed by atoms with Gasteiger partial charge in [-0.1, -0.05) is 7.43 Å². The van der Waals surface area contributed by atoms with E-state index in [9.17, 15) is 18.8 Å². The van der Waals surface area contributed by atoms with Crippen LogP contribution in [-0.4, -0.2) is 46.4 Å². The van der Waals surface area contributed by atoms with Crippen molar-refractivity contribution in [2.75, 3.05) is 18.0 Å². The molecule has 3 aromatic rings. The number of carbonyl (C=O) groups is 3. The highest BCUT2D eigenvalue weighted by atomic mass is 19.1. The zero-order valence-electron chi connectivity index (χ0n) is 17.1. The number of nitrogens with zero attached hydrogens (tertiary/aromatic N) is 3. The number of Topliss-reactive ketones (excluding diaryl/α,β-unsaturated/α-hetero) is 1. The number of nitrogens with one attached hydrogen (secondary N) is 1. The number of carbonyl (C=O) groups excluding carboxylic acids is 3. The lowest BCUT2D eigenvalue weighted by atomic mass is 10.1. The second kappa shape index (κ2) is 9.17. The smallest absolute Gasteiger partial charge is 0.414 e. The number of halogens is 1. The van der Waals surface area contributed by atoms with Gasteiger partial charge in [0.05, 0.1) is 24.5 Å². The highest BCUT2D eigenvalue weighted by Gasteiger charge is 2.32. The molecule has 0 unspecified atom stereocenters. The molecule has 1 aliphatic heterocycles. The molecule has 2 amide bonds. The largest absolute Gasteiger partial charge is 0.442 e. The molecule has 0 radical (unpaired) electrons. The van der Waals surface area contributed by atoms with Crippen LogP contribution in [0.5, 0.6) is 0 Å². The molecule has 4 rings (SSSR count). The summed E-state index contributed by atoms with van der Waals surface area (Å²) in [6.07, 6.45) is 2.67. The van der Waals surface area contributed by atoms with Crippen LogP contribution in [0.1, 0.15) is 27.0 Å². The Hall–Kier alpha value is -3.75. The first-order valence-corrected chi connectivity index (χ1v) is 9.80. The van der Waals surface area contributed by atoms with Crippen LogP contribution >= 0.6 is 0 Å². The lowest BCUT2D eigenvalue weighted by Gasteiger charge is -2.14. The van der Waals surface area contributed by atoms with Gasteiger partial charge < -0.3 is 14.5 Å². The van der Waals surface area contributed by atoms with Crippen LogP contribution in [0.25, 0.3) is 16.8 Å². The minimum atomic E-state index is -0.583. The van der Waals surface area contributed by atoms with Crippen molar-refractivity contribution in [3.05, 3.63) is 54.2 Å². The summed E-state index contributed by atoms with van der Waals surface area (Å²) in [5, 5.41) is 2.61. The summed E-state index contributed by atoms with van der Waals surface area (Å²) in [4.78, 5) is 40.2. The number of ether oxygens (including phenoxy) is 1. The van der Waals surface area contributed by atoms with Crippen LogP contribution in [0.4, 0.5) is 14.9 Å². The van der Waals surface area contributed by atoms with E-state index in [0.29, 0.717) is 28.2 Å². The molecule has 32 heavy (non-hydrogen) atoms. The van der Waals surface area contributed by atoms with Crippen molar-refractivity contribution in [2.45, 2.75) is 33.8 Å². The number of pyridine rings is 1. The molecule has 1 fully saturated rings. The van der Waals surface area contributed by atoms with Crippen molar-refractivity contribution in [1.29, 1.82) is 0 Å². The van der Waals surface area contributed by atoms with E-state index in [1.54, 1.807) is 41.1 Å². The Labute approximate surface area is 185 Å². The number of fused-ring (bicyclic) bond motifs is 1. The Morgan fingerprint density at radius 2 is 2.00 bits per heavy atom. The minimum Gasteiger partial charge on any atom is -0.442 e. The maximum atomic E-state index is 14.9. The second-order valence-electron chi connectivity index (χ2n) is 7.51. The molecule has 0 spiro atoms. The highest BCUT2D eigenvalue weighted by molar-refractivity contribution is 5.90. The molecule has 8 nitrogen and oxygen atoms in total. The number of aromatic nitrogens is 2. The number of anilines is 1. The fourth-order valence-corrected chi connectivity index (χ4v) is 3.55. The summed E-state index contributed by atoms with van der Waals surface area (Å²) in [5.74, 6) is -0.683. The average molecular weight is 440 g/mol. The van der Waals surface area contributed by atoms with E-state index < -0.39 is 18.0 Å². The summed E-state index contributed by atoms with van der Waals surface area (Å²) >= 11 is 0. The van der Waals surface area contributed by atoms with E-state index >= 15 is 0 Å². The van der Waals surface area contributed by atoms with Crippen molar-refractivity contribution >= 4 is 29.1 Å². The number of imidazole rings is 1. The molecular formula is C23H25FN4O4. The minimum absolute atomic E-state index is 0. The van der Waals surface area contributed by atoms with Crippen molar-refractivity contribution in [3.8, 4) is 11.1 Å². The molecule has 2 aromatic heterocycles. The Balaban J connectivity index is 0.00000289. The quantitative estimate of drug-likeness (QED) is 0.634.